The largest absolute Gasteiger partial charge is 0.389 e. The van der Waals surface area contributed by atoms with Crippen molar-refractivity contribution in [1.29, 1.82) is 0 Å². The summed E-state index contributed by atoms with van der Waals surface area (Å²) in [5.74, 6) is -0.357. The molecule has 0 atom stereocenters. The quantitative estimate of drug-likeness (QED) is 0.785. The van der Waals surface area contributed by atoms with Crippen LogP contribution in [0.4, 0.5) is 15.8 Å². The molecule has 3 N–H and O–H groups in total. The van der Waals surface area contributed by atoms with E-state index in [4.69, 9.17) is 29.6 Å². The summed E-state index contributed by atoms with van der Waals surface area (Å²) in [6.07, 6.45) is 0. The lowest BCUT2D eigenvalue weighted by molar-refractivity contribution is 0.622. The van der Waals surface area contributed by atoms with Gasteiger partial charge in [-0.25, -0.2) is 4.39 Å². The maximum atomic E-state index is 13.5. The third-order valence-electron chi connectivity index (χ3n) is 2.46. The number of halogens is 3. The van der Waals surface area contributed by atoms with E-state index in [1.54, 1.807) is 30.3 Å². The van der Waals surface area contributed by atoms with E-state index in [1.165, 1.54) is 6.07 Å². The Labute approximate surface area is 128 Å². The molecule has 0 unspecified atom stereocenters. The minimum absolute atomic E-state index is 0.186. The number of anilines is 2. The average molecular weight is 360 g/mol. The first-order valence-electron chi connectivity index (χ1n) is 5.29. The molecule has 0 fully saturated rings. The van der Waals surface area contributed by atoms with Gasteiger partial charge in [0.05, 0.1) is 20.7 Å². The van der Waals surface area contributed by atoms with Crippen LogP contribution in [-0.4, -0.2) is 4.99 Å². The van der Waals surface area contributed by atoms with Gasteiger partial charge >= 0.3 is 0 Å². The highest BCUT2D eigenvalue weighted by atomic mass is 79.9. The zero-order valence-electron chi connectivity index (χ0n) is 9.58. The molecule has 0 aliphatic carbocycles. The van der Waals surface area contributed by atoms with Crippen LogP contribution in [0.1, 0.15) is 5.56 Å². The van der Waals surface area contributed by atoms with Crippen LogP contribution in [0, 0.1) is 5.82 Å². The number of hydrogen-bond donors (Lipinski definition) is 2. The summed E-state index contributed by atoms with van der Waals surface area (Å²) < 4.78 is 13.9. The van der Waals surface area contributed by atoms with Gasteiger partial charge in [0, 0.05) is 5.69 Å². The first kappa shape index (κ1) is 14.2. The Balaban J connectivity index is 2.40. The number of hydrogen-bond acceptors (Lipinski definition) is 2. The fourth-order valence-electron chi connectivity index (χ4n) is 1.61. The average Bonchev–Trinajstić information content (AvgIpc) is 2.33. The Kier molecular flexibility index (Phi) is 4.39. The molecular formula is C13H9BrClFN2S. The Morgan fingerprint density at radius 3 is 2.68 bits per heavy atom. The Hall–Kier alpha value is -1.17. The Morgan fingerprint density at radius 1 is 1.32 bits per heavy atom. The number of thiocarbonyl (C=S) groups is 1. The zero-order valence-corrected chi connectivity index (χ0v) is 12.7. The van der Waals surface area contributed by atoms with E-state index in [0.29, 0.717) is 26.4 Å². The second-order valence-electron chi connectivity index (χ2n) is 3.78. The van der Waals surface area contributed by atoms with Gasteiger partial charge in [0.2, 0.25) is 0 Å². The second-order valence-corrected chi connectivity index (χ2v) is 5.48. The summed E-state index contributed by atoms with van der Waals surface area (Å²) in [6.45, 7) is 0. The molecular weight excluding hydrogens is 351 g/mol. The van der Waals surface area contributed by atoms with Gasteiger partial charge in [-0.3, -0.25) is 0 Å². The van der Waals surface area contributed by atoms with Gasteiger partial charge in [-0.2, -0.15) is 0 Å². The molecule has 2 rings (SSSR count). The SMILES string of the molecule is NC(=S)c1c(Cl)cccc1Nc1ccc(Br)c(F)c1. The molecule has 0 aliphatic rings. The molecule has 19 heavy (non-hydrogen) atoms. The predicted molar refractivity (Wildman–Crippen MR) is 84.7 cm³/mol. The molecule has 0 saturated carbocycles. The monoisotopic (exact) mass is 358 g/mol. The van der Waals surface area contributed by atoms with Crippen molar-refractivity contribution in [2.45, 2.75) is 0 Å². The highest BCUT2D eigenvalue weighted by molar-refractivity contribution is 9.10. The third-order valence-corrected chi connectivity index (χ3v) is 3.62. The first-order chi connectivity index (χ1) is 8.99. The molecule has 0 bridgehead atoms. The van der Waals surface area contributed by atoms with Gasteiger partial charge in [0.15, 0.2) is 0 Å². The predicted octanol–water partition coefficient (Wildman–Crippen LogP) is 4.62. The van der Waals surface area contributed by atoms with E-state index >= 15 is 0 Å². The van der Waals surface area contributed by atoms with Gasteiger partial charge in [0.25, 0.3) is 0 Å². The van der Waals surface area contributed by atoms with Crippen molar-refractivity contribution in [2.24, 2.45) is 5.73 Å². The van der Waals surface area contributed by atoms with Gasteiger partial charge in [-0.1, -0.05) is 29.9 Å². The van der Waals surface area contributed by atoms with E-state index in [2.05, 4.69) is 21.2 Å². The molecule has 0 saturated heterocycles. The van der Waals surface area contributed by atoms with Crippen molar-refractivity contribution in [3.8, 4) is 0 Å². The maximum Gasteiger partial charge on any atom is 0.139 e. The van der Waals surface area contributed by atoms with Crippen molar-refractivity contribution in [2.75, 3.05) is 5.32 Å². The molecule has 0 radical (unpaired) electrons. The molecule has 0 amide bonds. The minimum atomic E-state index is -0.357. The van der Waals surface area contributed by atoms with Gasteiger partial charge in [0.1, 0.15) is 10.8 Å². The molecule has 0 aromatic heterocycles. The van der Waals surface area contributed by atoms with E-state index in [1.807, 2.05) is 0 Å². The number of nitrogens with two attached hydrogens (primary N) is 1. The molecule has 2 nitrogen and oxygen atoms in total. The second kappa shape index (κ2) is 5.86. The summed E-state index contributed by atoms with van der Waals surface area (Å²) in [7, 11) is 0. The van der Waals surface area contributed by atoms with Crippen LogP contribution in [0.15, 0.2) is 40.9 Å². The Bertz CT molecular complexity index is 649. The van der Waals surface area contributed by atoms with Crippen LogP contribution < -0.4 is 11.1 Å². The van der Waals surface area contributed by atoms with Gasteiger partial charge < -0.3 is 11.1 Å². The van der Waals surface area contributed by atoms with Crippen molar-refractivity contribution in [3.05, 3.63) is 57.3 Å². The number of benzene rings is 2. The van der Waals surface area contributed by atoms with E-state index in [9.17, 15) is 4.39 Å². The summed E-state index contributed by atoms with van der Waals surface area (Å²) in [5.41, 5.74) is 7.42. The smallest absolute Gasteiger partial charge is 0.139 e. The summed E-state index contributed by atoms with van der Waals surface area (Å²) >= 11 is 14.1. The number of nitrogens with one attached hydrogen (secondary N) is 1. The van der Waals surface area contributed by atoms with E-state index in [-0.39, 0.29) is 10.8 Å². The van der Waals surface area contributed by atoms with Crippen LogP contribution in [0.3, 0.4) is 0 Å². The lowest BCUT2D eigenvalue weighted by Gasteiger charge is -2.13. The van der Waals surface area contributed by atoms with Crippen molar-refractivity contribution >= 4 is 56.1 Å². The fraction of sp³-hybridized carbons (Fsp3) is 0. The first-order valence-corrected chi connectivity index (χ1v) is 6.87. The molecule has 2 aromatic carbocycles. The van der Waals surface area contributed by atoms with Gasteiger partial charge in [-0.05, 0) is 46.3 Å². The molecule has 2 aromatic rings. The van der Waals surface area contributed by atoms with E-state index in [0.717, 1.165) is 0 Å². The third kappa shape index (κ3) is 3.23. The van der Waals surface area contributed by atoms with Crippen LogP contribution in [0.5, 0.6) is 0 Å². The lowest BCUT2D eigenvalue weighted by atomic mass is 10.1. The Morgan fingerprint density at radius 2 is 2.05 bits per heavy atom. The van der Waals surface area contributed by atoms with Crippen LogP contribution in [0.25, 0.3) is 0 Å². The summed E-state index contributed by atoms with van der Waals surface area (Å²) in [6, 6.07) is 9.96. The standard InChI is InChI=1S/C13H9BrClFN2S/c14-8-5-4-7(6-10(8)16)18-11-3-1-2-9(15)12(11)13(17)19/h1-6,18H,(H2,17,19). The maximum absolute atomic E-state index is 13.5. The molecule has 0 heterocycles. The number of rotatable bonds is 3. The van der Waals surface area contributed by atoms with Crippen LogP contribution >= 0.6 is 39.7 Å². The molecule has 0 aliphatic heterocycles. The normalized spacial score (nSPS) is 10.3. The van der Waals surface area contributed by atoms with Crippen LogP contribution in [0.2, 0.25) is 5.02 Å². The highest BCUT2D eigenvalue weighted by Gasteiger charge is 2.10. The fourth-order valence-corrected chi connectivity index (χ4v) is 2.41. The zero-order chi connectivity index (χ0) is 14.0. The molecule has 0 spiro atoms. The topological polar surface area (TPSA) is 38.0 Å². The lowest BCUT2D eigenvalue weighted by Crippen LogP contribution is -2.12. The van der Waals surface area contributed by atoms with E-state index < -0.39 is 0 Å². The van der Waals surface area contributed by atoms with Crippen molar-refractivity contribution in [3.63, 3.8) is 0 Å². The molecule has 98 valence electrons. The van der Waals surface area contributed by atoms with Crippen LogP contribution in [-0.2, 0) is 0 Å². The van der Waals surface area contributed by atoms with Gasteiger partial charge in [-0.15, -0.1) is 0 Å². The molecule has 6 heteroatoms. The minimum Gasteiger partial charge on any atom is -0.389 e. The van der Waals surface area contributed by atoms with Crippen molar-refractivity contribution in [1.82, 2.24) is 0 Å². The summed E-state index contributed by atoms with van der Waals surface area (Å²) in [5, 5.41) is 3.50. The summed E-state index contributed by atoms with van der Waals surface area (Å²) in [4.78, 5) is 0.186. The highest BCUT2D eigenvalue weighted by Crippen LogP contribution is 2.28. The van der Waals surface area contributed by atoms with Crippen molar-refractivity contribution < 1.29 is 4.39 Å².